The van der Waals surface area contributed by atoms with E-state index in [0.29, 0.717) is 35.8 Å². The van der Waals surface area contributed by atoms with E-state index in [1.54, 1.807) is 16.6 Å². The number of likely N-dealkylation sites (N-methyl/N-ethyl adjacent to an activating group) is 1. The van der Waals surface area contributed by atoms with E-state index in [2.05, 4.69) is 37.1 Å². The first kappa shape index (κ1) is 19.6. The molecule has 1 aliphatic heterocycles. The molecular weight excluding hydrogens is 399 g/mol. The highest BCUT2D eigenvalue weighted by atomic mass is 19.1. The van der Waals surface area contributed by atoms with Crippen LogP contribution in [-0.2, 0) is 12.8 Å². The van der Waals surface area contributed by atoms with Crippen LogP contribution in [0, 0.1) is 5.82 Å². The molecular formula is C21H23FN8O. The lowest BCUT2D eigenvalue weighted by molar-refractivity contribution is 0.270. The summed E-state index contributed by atoms with van der Waals surface area (Å²) in [4.78, 5) is 9.13. The summed E-state index contributed by atoms with van der Waals surface area (Å²) >= 11 is 0. The number of piperazine rings is 1. The highest BCUT2D eigenvalue weighted by Crippen LogP contribution is 2.18. The second kappa shape index (κ2) is 8.38. The van der Waals surface area contributed by atoms with Gasteiger partial charge in [-0.2, -0.15) is 9.50 Å². The summed E-state index contributed by atoms with van der Waals surface area (Å²) < 4.78 is 20.2. The first-order valence-electron chi connectivity index (χ1n) is 10.5. The van der Waals surface area contributed by atoms with E-state index in [4.69, 9.17) is 9.62 Å². The SMILES string of the molecule is CCN1CCN(c2ccc3nnc(CCc4nc(-c5ccc(F)cc5)no4)n3n2)CC1. The molecule has 0 N–H and O–H groups in total. The van der Waals surface area contributed by atoms with Crippen molar-refractivity contribution in [1.29, 1.82) is 0 Å². The van der Waals surface area contributed by atoms with E-state index in [0.717, 1.165) is 44.4 Å². The monoisotopic (exact) mass is 422 g/mol. The number of nitrogens with zero attached hydrogens (tertiary/aromatic N) is 8. The van der Waals surface area contributed by atoms with Crippen LogP contribution in [0.25, 0.3) is 17.0 Å². The summed E-state index contributed by atoms with van der Waals surface area (Å²) in [6.07, 6.45) is 1.07. The van der Waals surface area contributed by atoms with Crippen molar-refractivity contribution in [3.05, 3.63) is 53.9 Å². The van der Waals surface area contributed by atoms with Crippen LogP contribution in [0.2, 0.25) is 0 Å². The van der Waals surface area contributed by atoms with Gasteiger partial charge in [0.1, 0.15) is 11.6 Å². The van der Waals surface area contributed by atoms with Crippen molar-refractivity contribution in [3.63, 3.8) is 0 Å². The fourth-order valence-electron chi connectivity index (χ4n) is 3.73. The Morgan fingerprint density at radius 2 is 1.77 bits per heavy atom. The fraction of sp³-hybridized carbons (Fsp3) is 0.381. The predicted molar refractivity (Wildman–Crippen MR) is 112 cm³/mol. The van der Waals surface area contributed by atoms with Crippen LogP contribution in [-0.4, -0.2) is 67.6 Å². The molecule has 9 nitrogen and oxygen atoms in total. The van der Waals surface area contributed by atoms with Gasteiger partial charge in [0.25, 0.3) is 0 Å². The van der Waals surface area contributed by atoms with Gasteiger partial charge in [0.05, 0.1) is 0 Å². The second-order valence-electron chi connectivity index (χ2n) is 7.52. The molecule has 0 aliphatic carbocycles. The van der Waals surface area contributed by atoms with Crippen LogP contribution < -0.4 is 4.90 Å². The van der Waals surface area contributed by atoms with Gasteiger partial charge in [-0.05, 0) is 42.9 Å². The molecule has 1 aromatic carbocycles. The molecule has 160 valence electrons. The molecule has 0 atom stereocenters. The van der Waals surface area contributed by atoms with Gasteiger partial charge < -0.3 is 14.3 Å². The van der Waals surface area contributed by atoms with E-state index < -0.39 is 0 Å². The summed E-state index contributed by atoms with van der Waals surface area (Å²) in [6, 6.07) is 9.95. The van der Waals surface area contributed by atoms with Crippen molar-refractivity contribution in [2.75, 3.05) is 37.6 Å². The van der Waals surface area contributed by atoms with Crippen LogP contribution in [0.4, 0.5) is 10.2 Å². The second-order valence-corrected chi connectivity index (χ2v) is 7.52. The quantitative estimate of drug-likeness (QED) is 0.468. The zero-order chi connectivity index (χ0) is 21.2. The van der Waals surface area contributed by atoms with Gasteiger partial charge in [0.2, 0.25) is 11.7 Å². The van der Waals surface area contributed by atoms with Crippen molar-refractivity contribution in [2.24, 2.45) is 0 Å². The summed E-state index contributed by atoms with van der Waals surface area (Å²) in [5, 5.41) is 17.3. The molecule has 4 heterocycles. The Bertz CT molecular complexity index is 1160. The average Bonchev–Trinajstić information content (AvgIpc) is 3.45. The van der Waals surface area contributed by atoms with E-state index in [1.165, 1.54) is 12.1 Å². The van der Waals surface area contributed by atoms with Crippen molar-refractivity contribution in [2.45, 2.75) is 19.8 Å². The Hall–Kier alpha value is -3.40. The van der Waals surface area contributed by atoms with Crippen LogP contribution >= 0.6 is 0 Å². The lowest BCUT2D eigenvalue weighted by Gasteiger charge is -2.34. The molecule has 0 radical (unpaired) electrons. The third kappa shape index (κ3) is 4.11. The normalized spacial score (nSPS) is 15.1. The highest BCUT2D eigenvalue weighted by molar-refractivity contribution is 5.53. The molecule has 3 aromatic heterocycles. The molecule has 0 unspecified atom stereocenters. The van der Waals surface area contributed by atoms with Gasteiger partial charge in [-0.1, -0.05) is 12.1 Å². The van der Waals surface area contributed by atoms with E-state index >= 15 is 0 Å². The number of rotatable bonds is 6. The Morgan fingerprint density at radius 1 is 0.968 bits per heavy atom. The maximum Gasteiger partial charge on any atom is 0.227 e. The molecule has 0 bridgehead atoms. The molecule has 1 fully saturated rings. The first-order valence-corrected chi connectivity index (χ1v) is 10.5. The topological polar surface area (TPSA) is 88.5 Å². The third-order valence-electron chi connectivity index (χ3n) is 5.59. The smallest absolute Gasteiger partial charge is 0.227 e. The minimum Gasteiger partial charge on any atom is -0.353 e. The Balaban J connectivity index is 1.29. The lowest BCUT2D eigenvalue weighted by Crippen LogP contribution is -2.46. The molecule has 1 aliphatic rings. The van der Waals surface area contributed by atoms with Crippen molar-refractivity contribution < 1.29 is 8.91 Å². The van der Waals surface area contributed by atoms with Gasteiger partial charge >= 0.3 is 0 Å². The number of benzene rings is 1. The van der Waals surface area contributed by atoms with Crippen molar-refractivity contribution >= 4 is 11.5 Å². The maximum atomic E-state index is 13.1. The fourth-order valence-corrected chi connectivity index (χ4v) is 3.73. The van der Waals surface area contributed by atoms with E-state index in [9.17, 15) is 4.39 Å². The largest absolute Gasteiger partial charge is 0.353 e. The van der Waals surface area contributed by atoms with Crippen LogP contribution in [0.1, 0.15) is 18.6 Å². The molecule has 31 heavy (non-hydrogen) atoms. The molecule has 0 amide bonds. The molecule has 1 saturated heterocycles. The molecule has 5 rings (SSSR count). The number of aryl methyl sites for hydroxylation is 2. The van der Waals surface area contributed by atoms with Gasteiger partial charge in [-0.15, -0.1) is 15.3 Å². The van der Waals surface area contributed by atoms with Crippen LogP contribution in [0.3, 0.4) is 0 Å². The number of fused-ring (bicyclic) bond motifs is 1. The minimum atomic E-state index is -0.301. The molecule has 0 saturated carbocycles. The van der Waals surface area contributed by atoms with E-state index in [1.807, 2.05) is 12.1 Å². The summed E-state index contributed by atoms with van der Waals surface area (Å²) in [7, 11) is 0. The average molecular weight is 422 g/mol. The first-order chi connectivity index (χ1) is 15.2. The summed E-state index contributed by atoms with van der Waals surface area (Å²) in [5.74, 6) is 2.30. The summed E-state index contributed by atoms with van der Waals surface area (Å²) in [6.45, 7) is 7.26. The standard InChI is InChI=1S/C21H23FN8O/c1-2-28-11-13-29(14-12-28)19-8-7-17-24-25-18(30(17)26-19)9-10-20-23-21(27-31-20)15-3-5-16(22)6-4-15/h3-8H,2,9-14H2,1H3. The van der Waals surface area contributed by atoms with Gasteiger partial charge in [0.15, 0.2) is 11.5 Å². The Morgan fingerprint density at radius 3 is 2.55 bits per heavy atom. The number of anilines is 1. The highest BCUT2D eigenvalue weighted by Gasteiger charge is 2.18. The molecule has 4 aromatic rings. The van der Waals surface area contributed by atoms with Crippen LogP contribution in [0.15, 0.2) is 40.9 Å². The Labute approximate surface area is 178 Å². The molecule has 10 heteroatoms. The maximum absolute atomic E-state index is 13.1. The van der Waals surface area contributed by atoms with Crippen LogP contribution in [0.5, 0.6) is 0 Å². The van der Waals surface area contributed by atoms with Crippen molar-refractivity contribution in [3.8, 4) is 11.4 Å². The van der Waals surface area contributed by atoms with Gasteiger partial charge in [-0.25, -0.2) is 4.39 Å². The lowest BCUT2D eigenvalue weighted by atomic mass is 10.2. The third-order valence-corrected chi connectivity index (χ3v) is 5.59. The number of hydrogen-bond acceptors (Lipinski definition) is 8. The number of halogens is 1. The zero-order valence-electron chi connectivity index (χ0n) is 17.3. The number of hydrogen-bond donors (Lipinski definition) is 0. The van der Waals surface area contributed by atoms with Gasteiger partial charge in [0, 0.05) is 44.6 Å². The number of aromatic nitrogens is 6. The van der Waals surface area contributed by atoms with Gasteiger partial charge in [-0.3, -0.25) is 0 Å². The minimum absolute atomic E-state index is 0.301. The predicted octanol–water partition coefficient (Wildman–Crippen LogP) is 2.24. The molecule has 0 spiro atoms. The zero-order valence-corrected chi connectivity index (χ0v) is 17.3. The van der Waals surface area contributed by atoms with Crippen molar-refractivity contribution in [1.82, 2.24) is 34.9 Å². The summed E-state index contributed by atoms with van der Waals surface area (Å²) in [5.41, 5.74) is 1.42. The Kier molecular flexibility index (Phi) is 5.29. The van der Waals surface area contributed by atoms with E-state index in [-0.39, 0.29) is 5.82 Å².